The first-order chi connectivity index (χ1) is 15.5. The first kappa shape index (κ1) is 23.8. The summed E-state index contributed by atoms with van der Waals surface area (Å²) >= 11 is 0. The van der Waals surface area contributed by atoms with E-state index in [9.17, 15) is 9.59 Å². The van der Waals surface area contributed by atoms with Crippen LogP contribution in [-0.4, -0.2) is 35.9 Å². The SMILES string of the molecule is CCc1ccc(CCC(=O)N(Cc2ccc(OC)cc2)[C@@H](C)C(=O)NC2CCCC2)cc1. The van der Waals surface area contributed by atoms with Gasteiger partial charge in [-0.15, -0.1) is 0 Å². The molecule has 2 aromatic rings. The molecule has 2 aromatic carbocycles. The van der Waals surface area contributed by atoms with Gasteiger partial charge in [0.15, 0.2) is 0 Å². The Morgan fingerprint density at radius 3 is 2.19 bits per heavy atom. The lowest BCUT2D eigenvalue weighted by atomic mass is 10.0. The molecule has 0 radical (unpaired) electrons. The fourth-order valence-corrected chi connectivity index (χ4v) is 4.24. The third-order valence-corrected chi connectivity index (χ3v) is 6.44. The van der Waals surface area contributed by atoms with Gasteiger partial charge >= 0.3 is 0 Å². The number of benzene rings is 2. The van der Waals surface area contributed by atoms with Crippen LogP contribution in [0.15, 0.2) is 48.5 Å². The third kappa shape index (κ3) is 6.59. The summed E-state index contributed by atoms with van der Waals surface area (Å²) in [6.45, 7) is 4.37. The van der Waals surface area contributed by atoms with Crippen molar-refractivity contribution in [2.75, 3.05) is 7.11 Å². The number of amides is 2. The van der Waals surface area contributed by atoms with E-state index in [1.165, 1.54) is 5.56 Å². The molecule has 2 amide bonds. The number of ether oxygens (including phenoxy) is 1. The molecule has 0 heterocycles. The highest BCUT2D eigenvalue weighted by molar-refractivity contribution is 5.87. The van der Waals surface area contributed by atoms with Crippen LogP contribution in [0, 0.1) is 0 Å². The molecule has 0 spiro atoms. The van der Waals surface area contributed by atoms with Crippen LogP contribution in [0.1, 0.15) is 62.6 Å². The number of aryl methyl sites for hydroxylation is 2. The van der Waals surface area contributed by atoms with Gasteiger partial charge in [-0.2, -0.15) is 0 Å². The third-order valence-electron chi connectivity index (χ3n) is 6.44. The summed E-state index contributed by atoms with van der Waals surface area (Å²) in [4.78, 5) is 27.9. The topological polar surface area (TPSA) is 58.6 Å². The summed E-state index contributed by atoms with van der Waals surface area (Å²) in [6, 6.07) is 15.8. The number of hydrogen-bond donors (Lipinski definition) is 1. The van der Waals surface area contributed by atoms with Crippen LogP contribution in [0.3, 0.4) is 0 Å². The number of hydrogen-bond acceptors (Lipinski definition) is 3. The quantitative estimate of drug-likeness (QED) is 0.589. The number of nitrogens with one attached hydrogen (secondary N) is 1. The summed E-state index contributed by atoms with van der Waals surface area (Å²) in [5.41, 5.74) is 3.41. The van der Waals surface area contributed by atoms with E-state index in [1.807, 2.05) is 31.2 Å². The first-order valence-electron chi connectivity index (χ1n) is 11.8. The van der Waals surface area contributed by atoms with Crippen LogP contribution in [0.4, 0.5) is 0 Å². The predicted molar refractivity (Wildman–Crippen MR) is 128 cm³/mol. The lowest BCUT2D eigenvalue weighted by Gasteiger charge is -2.30. The zero-order valence-corrected chi connectivity index (χ0v) is 19.6. The maximum atomic E-state index is 13.3. The number of carbonyl (C=O) groups is 2. The predicted octanol–water partition coefficient (Wildman–Crippen LogP) is 4.67. The minimum absolute atomic E-state index is 0.00513. The Balaban J connectivity index is 1.69. The van der Waals surface area contributed by atoms with Gasteiger partial charge in [-0.05, 0) is 61.4 Å². The van der Waals surface area contributed by atoms with Gasteiger partial charge in [-0.1, -0.05) is 56.2 Å². The van der Waals surface area contributed by atoms with Gasteiger partial charge in [0.2, 0.25) is 11.8 Å². The van der Waals surface area contributed by atoms with Gasteiger partial charge in [0.05, 0.1) is 7.11 Å². The molecule has 1 fully saturated rings. The highest BCUT2D eigenvalue weighted by atomic mass is 16.5. The molecule has 1 atom stereocenters. The molecule has 0 saturated heterocycles. The van der Waals surface area contributed by atoms with Crippen molar-refractivity contribution in [2.24, 2.45) is 0 Å². The van der Waals surface area contributed by atoms with Gasteiger partial charge in [0, 0.05) is 19.0 Å². The van der Waals surface area contributed by atoms with E-state index >= 15 is 0 Å². The van der Waals surface area contributed by atoms with Crippen molar-refractivity contribution in [3.63, 3.8) is 0 Å². The fraction of sp³-hybridized carbons (Fsp3) is 0.481. The summed E-state index contributed by atoms with van der Waals surface area (Å²) in [6.07, 6.45) is 6.41. The number of carbonyl (C=O) groups excluding carboxylic acids is 2. The number of nitrogens with zero attached hydrogens (tertiary/aromatic N) is 1. The molecule has 1 saturated carbocycles. The minimum atomic E-state index is -0.521. The Hall–Kier alpha value is -2.82. The van der Waals surface area contributed by atoms with Crippen LogP contribution in [-0.2, 0) is 29.0 Å². The van der Waals surface area contributed by atoms with Crippen molar-refractivity contribution in [3.05, 3.63) is 65.2 Å². The van der Waals surface area contributed by atoms with Crippen molar-refractivity contribution in [2.45, 2.75) is 77.4 Å². The molecule has 5 heteroatoms. The smallest absolute Gasteiger partial charge is 0.242 e. The van der Waals surface area contributed by atoms with Gasteiger partial charge in [0.1, 0.15) is 11.8 Å². The summed E-state index contributed by atoms with van der Waals surface area (Å²) < 4.78 is 5.24. The number of rotatable bonds is 10. The molecule has 1 aliphatic carbocycles. The van der Waals surface area contributed by atoms with E-state index in [-0.39, 0.29) is 17.9 Å². The van der Waals surface area contributed by atoms with Gasteiger partial charge in [-0.25, -0.2) is 0 Å². The van der Waals surface area contributed by atoms with E-state index in [0.29, 0.717) is 19.4 Å². The Bertz CT molecular complexity index is 871. The van der Waals surface area contributed by atoms with E-state index in [1.54, 1.807) is 12.0 Å². The summed E-state index contributed by atoms with van der Waals surface area (Å²) in [5.74, 6) is 0.703. The molecule has 0 aliphatic heterocycles. The molecule has 5 nitrogen and oxygen atoms in total. The van der Waals surface area contributed by atoms with Crippen LogP contribution in [0.5, 0.6) is 5.75 Å². The maximum absolute atomic E-state index is 13.3. The average molecular weight is 437 g/mol. The average Bonchev–Trinajstić information content (AvgIpc) is 3.34. The second-order valence-corrected chi connectivity index (χ2v) is 8.71. The van der Waals surface area contributed by atoms with Crippen molar-refractivity contribution in [1.29, 1.82) is 0 Å². The molecule has 0 aromatic heterocycles. The fourth-order valence-electron chi connectivity index (χ4n) is 4.24. The standard InChI is InChI=1S/C27H36N2O3/c1-4-21-9-11-22(12-10-21)15-18-26(30)29(19-23-13-16-25(32-3)17-14-23)20(2)27(31)28-24-7-5-6-8-24/h9-14,16-17,20,24H,4-8,15,18-19H2,1-3H3,(H,28,31)/t20-/m0/s1. The van der Waals surface area contributed by atoms with Crippen molar-refractivity contribution >= 4 is 11.8 Å². The lowest BCUT2D eigenvalue weighted by Crippen LogP contribution is -2.49. The molecular weight excluding hydrogens is 400 g/mol. The van der Waals surface area contributed by atoms with E-state index in [4.69, 9.17) is 4.74 Å². The normalized spacial score (nSPS) is 14.7. The Morgan fingerprint density at radius 1 is 1.00 bits per heavy atom. The molecule has 1 N–H and O–H groups in total. The van der Waals surface area contributed by atoms with E-state index < -0.39 is 6.04 Å². The van der Waals surface area contributed by atoms with Crippen molar-refractivity contribution in [1.82, 2.24) is 10.2 Å². The highest BCUT2D eigenvalue weighted by Gasteiger charge is 2.28. The molecule has 1 aliphatic rings. The Labute approximate surface area is 192 Å². The monoisotopic (exact) mass is 436 g/mol. The molecule has 32 heavy (non-hydrogen) atoms. The van der Waals surface area contributed by atoms with Crippen molar-refractivity contribution in [3.8, 4) is 5.75 Å². The minimum Gasteiger partial charge on any atom is -0.497 e. The highest BCUT2D eigenvalue weighted by Crippen LogP contribution is 2.20. The van der Waals surface area contributed by atoms with E-state index in [2.05, 4.69) is 36.5 Å². The molecule has 0 bridgehead atoms. The van der Waals surface area contributed by atoms with E-state index in [0.717, 1.165) is 49.0 Å². The maximum Gasteiger partial charge on any atom is 0.242 e. The van der Waals surface area contributed by atoms with Gasteiger partial charge in [0.25, 0.3) is 0 Å². The molecule has 0 unspecified atom stereocenters. The second-order valence-electron chi connectivity index (χ2n) is 8.71. The van der Waals surface area contributed by atoms with Crippen molar-refractivity contribution < 1.29 is 14.3 Å². The van der Waals surface area contributed by atoms with Gasteiger partial charge < -0.3 is 15.0 Å². The van der Waals surface area contributed by atoms with Gasteiger partial charge in [-0.3, -0.25) is 9.59 Å². The van der Waals surface area contributed by atoms with Crippen LogP contribution in [0.25, 0.3) is 0 Å². The van der Waals surface area contributed by atoms with Crippen LogP contribution in [0.2, 0.25) is 0 Å². The summed E-state index contributed by atoms with van der Waals surface area (Å²) in [7, 11) is 1.63. The number of methoxy groups -OCH3 is 1. The zero-order valence-electron chi connectivity index (χ0n) is 19.6. The van der Waals surface area contributed by atoms with Crippen LogP contribution < -0.4 is 10.1 Å². The molecule has 172 valence electrons. The Morgan fingerprint density at radius 2 is 1.59 bits per heavy atom. The largest absolute Gasteiger partial charge is 0.497 e. The summed E-state index contributed by atoms with van der Waals surface area (Å²) in [5, 5.41) is 3.15. The van der Waals surface area contributed by atoms with Crippen LogP contribution >= 0.6 is 0 Å². The second kappa shape index (κ2) is 11.7. The first-order valence-corrected chi connectivity index (χ1v) is 11.8. The molecular formula is C27H36N2O3. The lowest BCUT2D eigenvalue weighted by molar-refractivity contribution is -0.140. The zero-order chi connectivity index (χ0) is 22.9. The molecule has 3 rings (SSSR count). The Kier molecular flexibility index (Phi) is 8.72.